The molecule has 0 aromatic carbocycles. The summed E-state index contributed by atoms with van der Waals surface area (Å²) in [6.07, 6.45) is 2.94. The van der Waals surface area contributed by atoms with E-state index < -0.39 is 15.7 Å². The minimum atomic E-state index is -0.678. The molecule has 1 N–H and O–H groups in total. The predicted molar refractivity (Wildman–Crippen MR) is 65.4 cm³/mol. The molecule has 0 radical (unpaired) electrons. The van der Waals surface area contributed by atoms with Crippen molar-refractivity contribution < 1.29 is 9.13 Å². The molecule has 17 heavy (non-hydrogen) atoms. The lowest BCUT2D eigenvalue weighted by atomic mass is 10.1. The Morgan fingerprint density at radius 1 is 1.41 bits per heavy atom. The molecule has 0 saturated carbocycles. The Bertz CT molecular complexity index is 425. The second-order valence-corrected chi connectivity index (χ2v) is 5.62. The molecular formula is C10H13N3O3S. The van der Waals surface area contributed by atoms with Gasteiger partial charge in [0.2, 0.25) is 0 Å². The fourth-order valence-electron chi connectivity index (χ4n) is 1.73. The number of aromatic nitrogens is 1. The summed E-state index contributed by atoms with van der Waals surface area (Å²) in [5.41, 5.74) is -0.0136. The van der Waals surface area contributed by atoms with Gasteiger partial charge in [-0.1, -0.05) is 0 Å². The summed E-state index contributed by atoms with van der Waals surface area (Å²) in [4.78, 5) is 14.0. The molecular weight excluding hydrogens is 242 g/mol. The van der Waals surface area contributed by atoms with E-state index >= 15 is 0 Å². The van der Waals surface area contributed by atoms with Crippen molar-refractivity contribution in [2.24, 2.45) is 0 Å². The van der Waals surface area contributed by atoms with Crippen LogP contribution in [0.4, 0.5) is 11.5 Å². The highest BCUT2D eigenvalue weighted by Gasteiger charge is 2.18. The molecule has 0 unspecified atom stereocenters. The van der Waals surface area contributed by atoms with Gasteiger partial charge in [0.15, 0.2) is 0 Å². The normalized spacial score (nSPS) is 24.2. The maximum absolute atomic E-state index is 11.2. The topological polar surface area (TPSA) is 85.1 Å². The molecule has 0 bridgehead atoms. The molecule has 2 heterocycles. The summed E-state index contributed by atoms with van der Waals surface area (Å²) in [6, 6.07) is 3.29. The summed E-state index contributed by atoms with van der Waals surface area (Å²) in [5, 5.41) is 13.6. The number of nitro groups is 1. The van der Waals surface area contributed by atoms with E-state index in [0.717, 1.165) is 12.8 Å². The first-order valence-electron chi connectivity index (χ1n) is 5.37. The Morgan fingerprint density at radius 2 is 2.12 bits per heavy atom. The van der Waals surface area contributed by atoms with Crippen LogP contribution < -0.4 is 5.32 Å². The summed E-state index contributed by atoms with van der Waals surface area (Å²) in [5.74, 6) is 2.06. The van der Waals surface area contributed by atoms with E-state index in [1.54, 1.807) is 6.07 Å². The first-order valence-corrected chi connectivity index (χ1v) is 6.86. The van der Waals surface area contributed by atoms with Crippen molar-refractivity contribution in [3.63, 3.8) is 0 Å². The van der Waals surface area contributed by atoms with Crippen molar-refractivity contribution in [3.05, 3.63) is 28.4 Å². The fraction of sp³-hybridized carbons (Fsp3) is 0.500. The van der Waals surface area contributed by atoms with Gasteiger partial charge in [-0.2, -0.15) is 0 Å². The zero-order chi connectivity index (χ0) is 12.3. The van der Waals surface area contributed by atoms with Gasteiger partial charge in [0.25, 0.3) is 5.69 Å². The van der Waals surface area contributed by atoms with Crippen LogP contribution in [0.5, 0.6) is 0 Å². The van der Waals surface area contributed by atoms with E-state index in [-0.39, 0.29) is 11.7 Å². The van der Waals surface area contributed by atoms with Gasteiger partial charge in [-0.15, -0.1) is 0 Å². The number of nitrogens with one attached hydrogen (secondary N) is 1. The molecule has 7 heteroatoms. The third-order valence-electron chi connectivity index (χ3n) is 2.70. The van der Waals surface area contributed by atoms with Crippen LogP contribution in [-0.2, 0) is 10.8 Å². The van der Waals surface area contributed by atoms with Crippen molar-refractivity contribution in [3.8, 4) is 0 Å². The van der Waals surface area contributed by atoms with Gasteiger partial charge in [-0.25, -0.2) is 4.98 Å². The number of hydrogen-bond acceptors (Lipinski definition) is 5. The average Bonchev–Trinajstić information content (AvgIpc) is 2.33. The van der Waals surface area contributed by atoms with Crippen LogP contribution in [0.25, 0.3) is 0 Å². The average molecular weight is 255 g/mol. The lowest BCUT2D eigenvalue weighted by Gasteiger charge is -2.22. The zero-order valence-electron chi connectivity index (χ0n) is 9.17. The van der Waals surface area contributed by atoms with Gasteiger partial charge in [0, 0.05) is 34.4 Å². The van der Waals surface area contributed by atoms with E-state index in [0.29, 0.717) is 17.3 Å². The molecule has 1 fully saturated rings. The number of anilines is 1. The minimum absolute atomic E-state index is 0.0136. The highest BCUT2D eigenvalue weighted by atomic mass is 32.2. The quantitative estimate of drug-likeness (QED) is 0.650. The van der Waals surface area contributed by atoms with Crippen LogP contribution in [0.3, 0.4) is 0 Å². The smallest absolute Gasteiger partial charge is 0.287 e. The van der Waals surface area contributed by atoms with Gasteiger partial charge >= 0.3 is 0 Å². The molecule has 2 rings (SSSR count). The molecule has 0 amide bonds. The van der Waals surface area contributed by atoms with Crippen molar-refractivity contribution >= 4 is 22.3 Å². The second kappa shape index (κ2) is 5.22. The van der Waals surface area contributed by atoms with Crippen molar-refractivity contribution in [1.82, 2.24) is 4.98 Å². The van der Waals surface area contributed by atoms with Crippen LogP contribution in [0.15, 0.2) is 18.3 Å². The largest absolute Gasteiger partial charge is 0.367 e. The van der Waals surface area contributed by atoms with Crippen LogP contribution in [-0.4, -0.2) is 31.7 Å². The standard InChI is InChI=1S/C10H13N3O3S/c14-13(15)9-1-2-10(11-7-9)12-8-3-5-17(16)6-4-8/h1-2,7-8H,3-6H2,(H,11,12). The van der Waals surface area contributed by atoms with Crippen LogP contribution in [0.2, 0.25) is 0 Å². The van der Waals surface area contributed by atoms with Gasteiger partial charge in [-0.05, 0) is 18.9 Å². The maximum atomic E-state index is 11.2. The molecule has 1 aromatic heterocycles. The highest BCUT2D eigenvalue weighted by molar-refractivity contribution is 7.85. The first kappa shape index (κ1) is 12.0. The SMILES string of the molecule is O=[N+]([O-])c1ccc(NC2CCS(=O)CC2)nc1. The van der Waals surface area contributed by atoms with Gasteiger partial charge < -0.3 is 5.32 Å². The number of pyridine rings is 1. The first-order chi connectivity index (χ1) is 8.15. The molecule has 1 aliphatic rings. The van der Waals surface area contributed by atoms with Gasteiger partial charge in [0.05, 0.1) is 4.92 Å². The van der Waals surface area contributed by atoms with Crippen molar-refractivity contribution in [2.75, 3.05) is 16.8 Å². The Kier molecular flexibility index (Phi) is 3.68. The zero-order valence-corrected chi connectivity index (χ0v) is 9.98. The predicted octanol–water partition coefficient (Wildman–Crippen LogP) is 1.31. The summed E-state index contributed by atoms with van der Waals surface area (Å²) in [7, 11) is -0.678. The van der Waals surface area contributed by atoms with Gasteiger partial charge in [-0.3, -0.25) is 14.3 Å². The van der Waals surface area contributed by atoms with Crippen LogP contribution >= 0.6 is 0 Å². The minimum Gasteiger partial charge on any atom is -0.367 e. The molecule has 0 atom stereocenters. The van der Waals surface area contributed by atoms with Crippen LogP contribution in [0.1, 0.15) is 12.8 Å². The van der Waals surface area contributed by atoms with Crippen LogP contribution in [0, 0.1) is 10.1 Å². The second-order valence-electron chi connectivity index (χ2n) is 3.93. The lowest BCUT2D eigenvalue weighted by Crippen LogP contribution is -2.29. The number of rotatable bonds is 3. The summed E-state index contributed by atoms with van der Waals surface area (Å²) in [6.45, 7) is 0. The Hall–Kier alpha value is -1.50. The maximum Gasteiger partial charge on any atom is 0.287 e. The van der Waals surface area contributed by atoms with E-state index in [9.17, 15) is 14.3 Å². The van der Waals surface area contributed by atoms with E-state index in [1.807, 2.05) is 0 Å². The monoisotopic (exact) mass is 255 g/mol. The van der Waals surface area contributed by atoms with Crippen molar-refractivity contribution in [1.29, 1.82) is 0 Å². The van der Waals surface area contributed by atoms with E-state index in [4.69, 9.17) is 0 Å². The summed E-state index contributed by atoms with van der Waals surface area (Å²) >= 11 is 0. The number of nitrogens with zero attached hydrogens (tertiary/aromatic N) is 2. The molecule has 1 aliphatic heterocycles. The summed E-state index contributed by atoms with van der Waals surface area (Å²) < 4.78 is 11.2. The Balaban J connectivity index is 1.95. The van der Waals surface area contributed by atoms with Crippen molar-refractivity contribution in [2.45, 2.75) is 18.9 Å². The number of hydrogen-bond donors (Lipinski definition) is 1. The molecule has 1 aromatic rings. The highest BCUT2D eigenvalue weighted by Crippen LogP contribution is 2.16. The van der Waals surface area contributed by atoms with E-state index in [1.165, 1.54) is 12.3 Å². The Morgan fingerprint density at radius 3 is 2.65 bits per heavy atom. The Labute approximate surface area is 101 Å². The molecule has 92 valence electrons. The van der Waals surface area contributed by atoms with Gasteiger partial charge in [0.1, 0.15) is 12.0 Å². The molecule has 0 spiro atoms. The van der Waals surface area contributed by atoms with E-state index in [2.05, 4.69) is 10.3 Å². The lowest BCUT2D eigenvalue weighted by molar-refractivity contribution is -0.385. The molecule has 6 nitrogen and oxygen atoms in total. The fourth-order valence-corrected chi connectivity index (χ4v) is 3.03. The third kappa shape index (κ3) is 3.23. The third-order valence-corrected chi connectivity index (χ3v) is 4.08. The molecule has 0 aliphatic carbocycles. The molecule has 1 saturated heterocycles.